The molecule has 1 N–H and O–H groups in total. The Morgan fingerprint density at radius 3 is 2.67 bits per heavy atom. The highest BCUT2D eigenvalue weighted by atomic mass is 35.5. The van der Waals surface area contributed by atoms with Gasteiger partial charge >= 0.3 is 0 Å². The van der Waals surface area contributed by atoms with E-state index in [4.69, 9.17) is 16.9 Å². The first kappa shape index (κ1) is 13.4. The Hall–Kier alpha value is -1.04. The lowest BCUT2D eigenvalue weighted by molar-refractivity contribution is 0.252. The van der Waals surface area contributed by atoms with Crippen LogP contribution in [0.3, 0.4) is 0 Å². The molecular formula is C15H19ClN2. The molecule has 1 aliphatic carbocycles. The van der Waals surface area contributed by atoms with Crippen LogP contribution >= 0.6 is 11.6 Å². The molecule has 0 unspecified atom stereocenters. The van der Waals surface area contributed by atoms with Crippen LogP contribution in [0.25, 0.3) is 0 Å². The van der Waals surface area contributed by atoms with E-state index in [1.54, 1.807) is 6.07 Å². The molecule has 3 heteroatoms. The third kappa shape index (κ3) is 3.25. The minimum atomic E-state index is 0.246. The first-order valence-corrected chi connectivity index (χ1v) is 6.94. The Morgan fingerprint density at radius 2 is 2.06 bits per heavy atom. The highest BCUT2D eigenvalue weighted by Gasteiger charge is 2.25. The first-order chi connectivity index (χ1) is 8.63. The number of halogens is 1. The Morgan fingerprint density at radius 1 is 1.33 bits per heavy atom. The summed E-state index contributed by atoms with van der Waals surface area (Å²) < 4.78 is 0. The maximum atomic E-state index is 8.80. The van der Waals surface area contributed by atoms with Gasteiger partial charge in [0.05, 0.1) is 11.6 Å². The molecule has 1 aliphatic rings. The van der Waals surface area contributed by atoms with E-state index < -0.39 is 0 Å². The van der Waals surface area contributed by atoms with Gasteiger partial charge in [0.25, 0.3) is 0 Å². The quantitative estimate of drug-likeness (QED) is 0.893. The SMILES string of the molecule is CC1(NCc2ccc(C#N)cc2Cl)CCCCC1. The minimum absolute atomic E-state index is 0.246. The van der Waals surface area contributed by atoms with Gasteiger partial charge in [0.15, 0.2) is 0 Å². The van der Waals surface area contributed by atoms with Crippen molar-refractivity contribution in [3.8, 4) is 6.07 Å². The van der Waals surface area contributed by atoms with Gasteiger partial charge in [-0.1, -0.05) is 36.9 Å². The van der Waals surface area contributed by atoms with Gasteiger partial charge in [0.1, 0.15) is 0 Å². The van der Waals surface area contributed by atoms with Crippen molar-refractivity contribution in [3.05, 3.63) is 34.3 Å². The molecule has 2 rings (SSSR count). The van der Waals surface area contributed by atoms with Crippen molar-refractivity contribution in [2.24, 2.45) is 0 Å². The van der Waals surface area contributed by atoms with E-state index in [-0.39, 0.29) is 5.54 Å². The summed E-state index contributed by atoms with van der Waals surface area (Å²) in [6, 6.07) is 7.61. The molecule has 0 spiro atoms. The number of nitrogens with one attached hydrogen (secondary N) is 1. The Labute approximate surface area is 114 Å². The molecule has 18 heavy (non-hydrogen) atoms. The fourth-order valence-corrected chi connectivity index (χ4v) is 2.83. The first-order valence-electron chi connectivity index (χ1n) is 6.56. The number of hydrogen-bond donors (Lipinski definition) is 1. The highest BCUT2D eigenvalue weighted by molar-refractivity contribution is 6.31. The summed E-state index contributed by atoms with van der Waals surface area (Å²) in [4.78, 5) is 0. The van der Waals surface area contributed by atoms with Crippen LogP contribution in [0.5, 0.6) is 0 Å². The molecule has 0 saturated heterocycles. The van der Waals surface area contributed by atoms with Crippen molar-refractivity contribution in [2.45, 2.75) is 51.1 Å². The zero-order valence-electron chi connectivity index (χ0n) is 10.8. The third-order valence-corrected chi connectivity index (χ3v) is 4.20. The van der Waals surface area contributed by atoms with Crippen molar-refractivity contribution in [1.29, 1.82) is 5.26 Å². The average Bonchev–Trinajstić information content (AvgIpc) is 2.38. The molecule has 0 radical (unpaired) electrons. The van der Waals surface area contributed by atoms with E-state index in [9.17, 15) is 0 Å². The molecule has 1 fully saturated rings. The van der Waals surface area contributed by atoms with Gasteiger partial charge < -0.3 is 5.32 Å². The van der Waals surface area contributed by atoms with E-state index in [2.05, 4.69) is 18.3 Å². The summed E-state index contributed by atoms with van der Waals surface area (Å²) in [5.74, 6) is 0. The van der Waals surface area contributed by atoms with E-state index in [1.165, 1.54) is 32.1 Å². The van der Waals surface area contributed by atoms with Gasteiger partial charge in [-0.15, -0.1) is 0 Å². The standard InChI is InChI=1S/C15H19ClN2/c1-15(7-3-2-4-8-15)18-11-13-6-5-12(10-17)9-14(13)16/h5-6,9,18H,2-4,7-8,11H2,1H3. The number of hydrogen-bond acceptors (Lipinski definition) is 2. The second kappa shape index (κ2) is 5.73. The highest BCUT2D eigenvalue weighted by Crippen LogP contribution is 2.28. The van der Waals surface area contributed by atoms with Crippen LogP contribution in [0.15, 0.2) is 18.2 Å². The smallest absolute Gasteiger partial charge is 0.0992 e. The van der Waals surface area contributed by atoms with Crippen LogP contribution in [0.4, 0.5) is 0 Å². The van der Waals surface area contributed by atoms with Crippen molar-refractivity contribution in [2.75, 3.05) is 0 Å². The molecule has 1 aromatic rings. The van der Waals surface area contributed by atoms with Crippen molar-refractivity contribution in [1.82, 2.24) is 5.32 Å². The monoisotopic (exact) mass is 262 g/mol. The summed E-state index contributed by atoms with van der Waals surface area (Å²) in [5.41, 5.74) is 1.94. The van der Waals surface area contributed by atoms with Gasteiger partial charge in [-0.05, 0) is 37.5 Å². The largest absolute Gasteiger partial charge is 0.307 e. The van der Waals surface area contributed by atoms with E-state index in [0.29, 0.717) is 10.6 Å². The van der Waals surface area contributed by atoms with E-state index in [0.717, 1.165) is 12.1 Å². The second-order valence-corrected chi connectivity index (χ2v) is 5.80. The van der Waals surface area contributed by atoms with Crippen LogP contribution in [0, 0.1) is 11.3 Å². The Balaban J connectivity index is 2.00. The Bertz CT molecular complexity index is 456. The van der Waals surface area contributed by atoms with Crippen LogP contribution in [0.2, 0.25) is 5.02 Å². The second-order valence-electron chi connectivity index (χ2n) is 5.39. The lowest BCUT2D eigenvalue weighted by Gasteiger charge is -2.35. The number of nitriles is 1. The zero-order valence-corrected chi connectivity index (χ0v) is 11.6. The number of rotatable bonds is 3. The predicted molar refractivity (Wildman–Crippen MR) is 74.5 cm³/mol. The molecular weight excluding hydrogens is 244 g/mol. The minimum Gasteiger partial charge on any atom is -0.307 e. The summed E-state index contributed by atoms with van der Waals surface area (Å²) in [6.07, 6.45) is 6.45. The van der Waals surface area contributed by atoms with Crippen molar-refractivity contribution in [3.63, 3.8) is 0 Å². The molecule has 96 valence electrons. The number of nitrogens with zero attached hydrogens (tertiary/aromatic N) is 1. The Kier molecular flexibility index (Phi) is 4.27. The van der Waals surface area contributed by atoms with E-state index in [1.807, 2.05) is 12.1 Å². The predicted octanol–water partition coefficient (Wildman–Crippen LogP) is 4.02. The number of benzene rings is 1. The topological polar surface area (TPSA) is 35.8 Å². The molecule has 0 aliphatic heterocycles. The zero-order chi connectivity index (χ0) is 13.0. The molecule has 0 amide bonds. The molecule has 0 bridgehead atoms. The van der Waals surface area contributed by atoms with Crippen LogP contribution in [-0.4, -0.2) is 5.54 Å². The van der Waals surface area contributed by atoms with Gasteiger partial charge in [0.2, 0.25) is 0 Å². The summed E-state index contributed by atoms with van der Waals surface area (Å²) in [6.45, 7) is 3.07. The van der Waals surface area contributed by atoms with Gasteiger partial charge in [-0.2, -0.15) is 5.26 Å². The summed E-state index contributed by atoms with van der Waals surface area (Å²) in [5, 5.41) is 13.1. The summed E-state index contributed by atoms with van der Waals surface area (Å²) >= 11 is 6.18. The maximum absolute atomic E-state index is 8.80. The molecule has 0 aromatic heterocycles. The lowest BCUT2D eigenvalue weighted by atomic mass is 9.83. The van der Waals surface area contributed by atoms with Crippen molar-refractivity contribution < 1.29 is 0 Å². The van der Waals surface area contributed by atoms with Crippen LogP contribution < -0.4 is 5.32 Å². The molecule has 0 heterocycles. The lowest BCUT2D eigenvalue weighted by Crippen LogP contribution is -2.43. The van der Waals surface area contributed by atoms with Crippen LogP contribution in [-0.2, 0) is 6.54 Å². The van der Waals surface area contributed by atoms with Gasteiger partial charge in [-0.3, -0.25) is 0 Å². The maximum Gasteiger partial charge on any atom is 0.0992 e. The molecule has 0 atom stereocenters. The van der Waals surface area contributed by atoms with Crippen LogP contribution in [0.1, 0.15) is 50.2 Å². The molecule has 1 aromatic carbocycles. The van der Waals surface area contributed by atoms with Gasteiger partial charge in [0, 0.05) is 17.1 Å². The van der Waals surface area contributed by atoms with Crippen molar-refractivity contribution >= 4 is 11.6 Å². The third-order valence-electron chi connectivity index (χ3n) is 3.84. The molecule has 2 nitrogen and oxygen atoms in total. The fraction of sp³-hybridized carbons (Fsp3) is 0.533. The normalized spacial score (nSPS) is 18.3. The average molecular weight is 263 g/mol. The van der Waals surface area contributed by atoms with E-state index >= 15 is 0 Å². The van der Waals surface area contributed by atoms with Gasteiger partial charge in [-0.25, -0.2) is 0 Å². The summed E-state index contributed by atoms with van der Waals surface area (Å²) in [7, 11) is 0. The molecule has 1 saturated carbocycles. The fourth-order valence-electron chi connectivity index (χ4n) is 2.58.